The molecule has 1 heterocycles. The van der Waals surface area contributed by atoms with E-state index < -0.39 is 21.5 Å². The van der Waals surface area contributed by atoms with E-state index in [1.807, 2.05) is 30.3 Å². The minimum Gasteiger partial charge on any atom is -0.284 e. The molecule has 0 atom stereocenters. The summed E-state index contributed by atoms with van der Waals surface area (Å²) in [6.07, 6.45) is 0.0232. The Morgan fingerprint density at radius 1 is 1.03 bits per heavy atom. The van der Waals surface area contributed by atoms with Crippen LogP contribution in [-0.2, 0) is 21.2 Å². The summed E-state index contributed by atoms with van der Waals surface area (Å²) in [5.41, 5.74) is 0.799. The van der Waals surface area contributed by atoms with Gasteiger partial charge in [0.2, 0.25) is 5.91 Å². The van der Waals surface area contributed by atoms with Gasteiger partial charge < -0.3 is 0 Å². The van der Waals surface area contributed by atoms with Crippen LogP contribution in [0.3, 0.4) is 0 Å². The summed E-state index contributed by atoms with van der Waals surface area (Å²) in [5, 5.41) is 0.645. The second-order valence-corrected chi connectivity index (χ2v) is 11.1. The van der Waals surface area contributed by atoms with Crippen molar-refractivity contribution in [1.82, 2.24) is 4.98 Å². The standard InChI is InChI=1S/C24H19ClF2N2O3S2/c25-17-8-10-19(11-9-17)34(31,32)12-4-7-22(30)29(15-16-5-2-1-3-6-16)24-28-23-20(27)13-18(26)14-21(23)33-24/h1-3,5-6,8-11,13-14H,4,7,12,15H2. The largest absolute Gasteiger partial charge is 0.284 e. The third kappa shape index (κ3) is 5.60. The second-order valence-electron chi connectivity index (χ2n) is 7.57. The van der Waals surface area contributed by atoms with Crippen LogP contribution in [0.5, 0.6) is 0 Å². The van der Waals surface area contributed by atoms with Crippen LogP contribution in [0.1, 0.15) is 18.4 Å². The Morgan fingerprint density at radius 3 is 2.44 bits per heavy atom. The number of thiazole rings is 1. The number of benzene rings is 3. The molecule has 0 fully saturated rings. The molecule has 4 aromatic rings. The summed E-state index contributed by atoms with van der Waals surface area (Å²) >= 11 is 6.82. The zero-order valence-electron chi connectivity index (χ0n) is 17.7. The lowest BCUT2D eigenvalue weighted by molar-refractivity contribution is -0.118. The Morgan fingerprint density at radius 2 is 1.74 bits per heavy atom. The maximum atomic E-state index is 14.2. The average Bonchev–Trinajstić information content (AvgIpc) is 3.22. The molecule has 10 heteroatoms. The number of anilines is 1. The summed E-state index contributed by atoms with van der Waals surface area (Å²) in [5.74, 6) is -2.12. The van der Waals surface area contributed by atoms with Gasteiger partial charge >= 0.3 is 0 Å². The van der Waals surface area contributed by atoms with Gasteiger partial charge in [-0.1, -0.05) is 53.3 Å². The first kappa shape index (κ1) is 24.3. The van der Waals surface area contributed by atoms with Crippen LogP contribution < -0.4 is 4.90 Å². The first-order chi connectivity index (χ1) is 16.2. The van der Waals surface area contributed by atoms with Crippen LogP contribution in [0.2, 0.25) is 5.02 Å². The van der Waals surface area contributed by atoms with E-state index in [0.29, 0.717) is 5.02 Å². The summed E-state index contributed by atoms with van der Waals surface area (Å²) in [4.78, 5) is 18.9. The number of halogens is 3. The number of nitrogens with zero attached hydrogens (tertiary/aromatic N) is 2. The molecule has 0 bridgehead atoms. The molecule has 1 amide bonds. The Hall–Kier alpha value is -2.88. The maximum Gasteiger partial charge on any atom is 0.229 e. The van der Waals surface area contributed by atoms with E-state index >= 15 is 0 Å². The fourth-order valence-corrected chi connectivity index (χ4v) is 5.86. The third-order valence-corrected chi connectivity index (χ3v) is 8.19. The zero-order valence-corrected chi connectivity index (χ0v) is 20.1. The van der Waals surface area contributed by atoms with Gasteiger partial charge in [-0.05, 0) is 42.3 Å². The molecule has 0 spiro atoms. The van der Waals surface area contributed by atoms with E-state index in [9.17, 15) is 22.0 Å². The molecule has 0 saturated heterocycles. The van der Waals surface area contributed by atoms with Crippen LogP contribution >= 0.6 is 22.9 Å². The van der Waals surface area contributed by atoms with Crippen LogP contribution in [0.15, 0.2) is 71.6 Å². The number of amides is 1. The number of fused-ring (bicyclic) bond motifs is 1. The Kier molecular flexibility index (Phi) is 7.25. The SMILES string of the molecule is O=C(CCCS(=O)(=O)c1ccc(Cl)cc1)N(Cc1ccccc1)c1nc2c(F)cc(F)cc2s1. The van der Waals surface area contributed by atoms with Crippen molar-refractivity contribution >= 4 is 54.0 Å². The quantitative estimate of drug-likeness (QED) is 0.285. The highest BCUT2D eigenvalue weighted by atomic mass is 35.5. The van der Waals surface area contributed by atoms with Crippen molar-refractivity contribution in [3.8, 4) is 0 Å². The van der Waals surface area contributed by atoms with Crippen LogP contribution in [-0.4, -0.2) is 25.1 Å². The van der Waals surface area contributed by atoms with Gasteiger partial charge in [0.1, 0.15) is 11.3 Å². The van der Waals surface area contributed by atoms with Gasteiger partial charge in [-0.3, -0.25) is 9.69 Å². The van der Waals surface area contributed by atoms with Crippen molar-refractivity contribution in [2.24, 2.45) is 0 Å². The first-order valence-electron chi connectivity index (χ1n) is 10.3. The zero-order chi connectivity index (χ0) is 24.3. The van der Waals surface area contributed by atoms with Gasteiger partial charge in [0, 0.05) is 17.5 Å². The molecule has 5 nitrogen and oxygen atoms in total. The molecule has 0 unspecified atom stereocenters. The molecule has 176 valence electrons. The summed E-state index contributed by atoms with van der Waals surface area (Å²) < 4.78 is 53.3. The molecule has 0 N–H and O–H groups in total. The van der Waals surface area contributed by atoms with Gasteiger partial charge in [-0.15, -0.1) is 0 Å². The van der Waals surface area contributed by atoms with Crippen molar-refractivity contribution < 1.29 is 22.0 Å². The molecule has 0 aliphatic carbocycles. The van der Waals surface area contributed by atoms with Gasteiger partial charge in [0.25, 0.3) is 0 Å². The molecule has 1 aromatic heterocycles. The molecule has 0 aliphatic heterocycles. The predicted octanol–water partition coefficient (Wildman–Crippen LogP) is 6.02. The first-order valence-corrected chi connectivity index (χ1v) is 13.2. The van der Waals surface area contributed by atoms with E-state index in [2.05, 4.69) is 4.98 Å². The maximum absolute atomic E-state index is 14.2. The van der Waals surface area contributed by atoms with Gasteiger partial charge in [-0.25, -0.2) is 22.2 Å². The lowest BCUT2D eigenvalue weighted by Gasteiger charge is -2.20. The Balaban J connectivity index is 1.55. The average molecular weight is 521 g/mol. The van der Waals surface area contributed by atoms with Gasteiger partial charge in [0.05, 0.1) is 21.9 Å². The fourth-order valence-electron chi connectivity index (χ4n) is 3.40. The minimum absolute atomic E-state index is 0.0161. The summed E-state index contributed by atoms with van der Waals surface area (Å²) in [7, 11) is -3.59. The third-order valence-electron chi connectivity index (χ3n) is 5.09. The van der Waals surface area contributed by atoms with Crippen LogP contribution in [0, 0.1) is 11.6 Å². The van der Waals surface area contributed by atoms with Crippen LogP contribution in [0.25, 0.3) is 10.2 Å². The molecular weight excluding hydrogens is 502 g/mol. The smallest absolute Gasteiger partial charge is 0.229 e. The number of sulfone groups is 1. The lowest BCUT2D eigenvalue weighted by atomic mass is 10.2. The number of rotatable bonds is 8. The molecule has 4 rings (SSSR count). The van der Waals surface area contributed by atoms with E-state index in [-0.39, 0.29) is 51.3 Å². The lowest BCUT2D eigenvalue weighted by Crippen LogP contribution is -2.30. The van der Waals surface area contributed by atoms with E-state index in [0.717, 1.165) is 23.0 Å². The van der Waals surface area contributed by atoms with Crippen molar-refractivity contribution in [3.05, 3.63) is 89.0 Å². The monoisotopic (exact) mass is 520 g/mol. The molecule has 0 aliphatic rings. The second kappa shape index (κ2) is 10.2. The van der Waals surface area contributed by atoms with Gasteiger partial charge in [0.15, 0.2) is 20.8 Å². The van der Waals surface area contributed by atoms with Crippen molar-refractivity contribution in [2.75, 3.05) is 10.7 Å². The van der Waals surface area contributed by atoms with Crippen molar-refractivity contribution in [2.45, 2.75) is 24.3 Å². The highest BCUT2D eigenvalue weighted by Gasteiger charge is 2.23. The molecule has 0 saturated carbocycles. The molecular formula is C24H19ClF2N2O3S2. The highest BCUT2D eigenvalue weighted by Crippen LogP contribution is 2.32. The van der Waals surface area contributed by atoms with Crippen LogP contribution in [0.4, 0.5) is 13.9 Å². The Bertz CT molecular complexity index is 1430. The molecule has 0 radical (unpaired) electrons. The number of aromatic nitrogens is 1. The molecule has 3 aromatic carbocycles. The topological polar surface area (TPSA) is 67.3 Å². The Labute approximate surface area is 204 Å². The predicted molar refractivity (Wildman–Crippen MR) is 130 cm³/mol. The minimum atomic E-state index is -3.59. The van der Waals surface area contributed by atoms with E-state index in [1.54, 1.807) is 0 Å². The molecule has 34 heavy (non-hydrogen) atoms. The fraction of sp³-hybridized carbons (Fsp3) is 0.167. The van der Waals surface area contributed by atoms with Crippen molar-refractivity contribution in [3.63, 3.8) is 0 Å². The van der Waals surface area contributed by atoms with Crippen molar-refractivity contribution in [1.29, 1.82) is 0 Å². The number of carbonyl (C=O) groups is 1. The summed E-state index contributed by atoms with van der Waals surface area (Å²) in [6, 6.07) is 16.9. The van der Waals surface area contributed by atoms with E-state index in [4.69, 9.17) is 11.6 Å². The normalized spacial score (nSPS) is 11.6. The van der Waals surface area contributed by atoms with Gasteiger partial charge in [-0.2, -0.15) is 0 Å². The number of carbonyl (C=O) groups excluding carboxylic acids is 1. The van der Waals surface area contributed by atoms with E-state index in [1.165, 1.54) is 35.2 Å². The summed E-state index contributed by atoms with van der Waals surface area (Å²) in [6.45, 7) is 0.160. The number of hydrogen-bond acceptors (Lipinski definition) is 5. The highest BCUT2D eigenvalue weighted by molar-refractivity contribution is 7.91. The number of hydrogen-bond donors (Lipinski definition) is 0.